The molecule has 5 heteroatoms. The van der Waals surface area contributed by atoms with Crippen LogP contribution in [-0.2, 0) is 4.79 Å². The van der Waals surface area contributed by atoms with Gasteiger partial charge in [0.25, 0.3) is 0 Å². The van der Waals surface area contributed by atoms with Crippen LogP contribution in [0, 0.1) is 0 Å². The van der Waals surface area contributed by atoms with Crippen molar-refractivity contribution in [2.45, 2.75) is 44.6 Å². The summed E-state index contributed by atoms with van der Waals surface area (Å²) in [4.78, 5) is 22.6. The molecule has 114 valence electrons. The van der Waals surface area contributed by atoms with E-state index in [0.717, 1.165) is 12.8 Å². The smallest absolute Gasteiger partial charge is 0.335 e. The molecule has 1 fully saturated rings. The molecule has 2 rings (SSSR count). The molecular weight excluding hydrogens is 270 g/mol. The highest BCUT2D eigenvalue weighted by Crippen LogP contribution is 2.17. The fraction of sp³-hybridized carbons (Fsp3) is 0.500. The molecule has 21 heavy (non-hydrogen) atoms. The number of amides is 1. The monoisotopic (exact) mass is 291 g/mol. The number of rotatable bonds is 6. The summed E-state index contributed by atoms with van der Waals surface area (Å²) < 4.78 is 5.43. The van der Waals surface area contributed by atoms with Crippen LogP contribution in [0.1, 0.15) is 48.9 Å². The van der Waals surface area contributed by atoms with E-state index in [-0.39, 0.29) is 24.5 Å². The van der Waals surface area contributed by atoms with Gasteiger partial charge in [0.05, 0.1) is 18.6 Å². The lowest BCUT2D eigenvalue weighted by Crippen LogP contribution is -2.36. The third-order valence-corrected chi connectivity index (χ3v) is 3.65. The molecule has 0 aromatic heterocycles. The molecule has 1 aliphatic rings. The number of aromatic carboxylic acids is 1. The van der Waals surface area contributed by atoms with Gasteiger partial charge in [-0.1, -0.05) is 25.3 Å². The molecule has 0 unspecified atom stereocenters. The standard InChI is InChI=1S/C16H21NO4/c18-15(17-13-6-2-1-3-7-13)9-10-21-14-8-4-5-12(11-14)16(19)20/h4-5,8,11,13H,1-3,6-7,9-10H2,(H,17,18)(H,19,20). The predicted molar refractivity (Wildman–Crippen MR) is 78.5 cm³/mol. The maximum Gasteiger partial charge on any atom is 0.335 e. The number of nitrogens with one attached hydrogen (secondary N) is 1. The second-order valence-electron chi connectivity index (χ2n) is 5.33. The van der Waals surface area contributed by atoms with Crippen LogP contribution in [0.2, 0.25) is 0 Å². The average molecular weight is 291 g/mol. The van der Waals surface area contributed by atoms with Crippen molar-refractivity contribution >= 4 is 11.9 Å². The molecule has 1 aliphatic carbocycles. The van der Waals surface area contributed by atoms with E-state index in [1.165, 1.54) is 31.4 Å². The van der Waals surface area contributed by atoms with Crippen molar-refractivity contribution in [3.63, 3.8) is 0 Å². The molecule has 0 aliphatic heterocycles. The number of carbonyl (C=O) groups is 2. The maximum atomic E-state index is 11.8. The van der Waals surface area contributed by atoms with Crippen LogP contribution in [0.4, 0.5) is 0 Å². The molecule has 5 nitrogen and oxygen atoms in total. The topological polar surface area (TPSA) is 75.6 Å². The van der Waals surface area contributed by atoms with Crippen LogP contribution in [0.5, 0.6) is 5.75 Å². The highest BCUT2D eigenvalue weighted by atomic mass is 16.5. The van der Waals surface area contributed by atoms with Crippen molar-refractivity contribution < 1.29 is 19.4 Å². The van der Waals surface area contributed by atoms with Crippen LogP contribution in [0.3, 0.4) is 0 Å². The lowest BCUT2D eigenvalue weighted by Gasteiger charge is -2.22. The Morgan fingerprint density at radius 1 is 1.24 bits per heavy atom. The van der Waals surface area contributed by atoms with Gasteiger partial charge in [-0.2, -0.15) is 0 Å². The number of benzene rings is 1. The van der Waals surface area contributed by atoms with Crippen LogP contribution in [-0.4, -0.2) is 29.6 Å². The summed E-state index contributed by atoms with van der Waals surface area (Å²) in [7, 11) is 0. The number of carbonyl (C=O) groups excluding carboxylic acids is 1. The predicted octanol–water partition coefficient (Wildman–Crippen LogP) is 2.60. The molecule has 0 bridgehead atoms. The van der Waals surface area contributed by atoms with Crippen molar-refractivity contribution in [3.05, 3.63) is 29.8 Å². The fourth-order valence-electron chi connectivity index (χ4n) is 2.53. The molecule has 0 spiro atoms. The Balaban J connectivity index is 1.72. The van der Waals surface area contributed by atoms with E-state index in [4.69, 9.17) is 9.84 Å². The molecule has 0 radical (unpaired) electrons. The molecule has 1 aromatic rings. The van der Waals surface area contributed by atoms with Crippen molar-refractivity contribution in [1.82, 2.24) is 5.32 Å². The van der Waals surface area contributed by atoms with E-state index in [1.54, 1.807) is 12.1 Å². The van der Waals surface area contributed by atoms with Gasteiger partial charge in [0, 0.05) is 6.04 Å². The van der Waals surface area contributed by atoms with Gasteiger partial charge in [0.2, 0.25) is 5.91 Å². The third kappa shape index (κ3) is 5.10. The lowest BCUT2D eigenvalue weighted by molar-refractivity contribution is -0.122. The number of ether oxygens (including phenoxy) is 1. The highest BCUT2D eigenvalue weighted by molar-refractivity contribution is 5.88. The third-order valence-electron chi connectivity index (χ3n) is 3.65. The van der Waals surface area contributed by atoms with Gasteiger partial charge in [-0.25, -0.2) is 4.79 Å². The van der Waals surface area contributed by atoms with Gasteiger partial charge in [0.15, 0.2) is 0 Å². The zero-order chi connectivity index (χ0) is 15.1. The molecule has 2 N–H and O–H groups in total. The minimum Gasteiger partial charge on any atom is -0.493 e. The van der Waals surface area contributed by atoms with E-state index < -0.39 is 5.97 Å². The Morgan fingerprint density at radius 2 is 2.00 bits per heavy atom. The van der Waals surface area contributed by atoms with Crippen molar-refractivity contribution in [1.29, 1.82) is 0 Å². The number of carboxylic acids is 1. The molecule has 0 atom stereocenters. The number of carboxylic acid groups (broad SMARTS) is 1. The van der Waals surface area contributed by atoms with E-state index in [2.05, 4.69) is 5.32 Å². The molecule has 1 amide bonds. The Bertz CT molecular complexity index is 495. The molecular formula is C16H21NO4. The van der Waals surface area contributed by atoms with Gasteiger partial charge >= 0.3 is 5.97 Å². The van der Waals surface area contributed by atoms with Crippen molar-refractivity contribution in [3.8, 4) is 5.75 Å². The minimum absolute atomic E-state index is 0.00344. The maximum absolute atomic E-state index is 11.8. The first-order valence-corrected chi connectivity index (χ1v) is 7.40. The summed E-state index contributed by atoms with van der Waals surface area (Å²) in [5.74, 6) is -0.521. The summed E-state index contributed by atoms with van der Waals surface area (Å²) in [6.45, 7) is 0.252. The first-order chi connectivity index (χ1) is 10.1. The summed E-state index contributed by atoms with van der Waals surface area (Å²) in [5.41, 5.74) is 0.180. The average Bonchev–Trinajstić information content (AvgIpc) is 2.48. The SMILES string of the molecule is O=C(CCOc1cccc(C(=O)O)c1)NC1CCCCC1. The van der Waals surface area contributed by atoms with Crippen molar-refractivity contribution in [2.75, 3.05) is 6.61 Å². The summed E-state index contributed by atoms with van der Waals surface area (Å²) in [6.07, 6.45) is 6.04. The Labute approximate surface area is 124 Å². The van der Waals surface area contributed by atoms with Gasteiger partial charge in [-0.15, -0.1) is 0 Å². The molecule has 1 aromatic carbocycles. The van der Waals surface area contributed by atoms with Gasteiger partial charge in [0.1, 0.15) is 5.75 Å². The lowest BCUT2D eigenvalue weighted by atomic mass is 9.95. The van der Waals surface area contributed by atoms with E-state index >= 15 is 0 Å². The van der Waals surface area contributed by atoms with E-state index in [0.29, 0.717) is 11.8 Å². The van der Waals surface area contributed by atoms with Gasteiger partial charge in [-0.05, 0) is 31.0 Å². The molecule has 1 saturated carbocycles. The van der Waals surface area contributed by atoms with Gasteiger partial charge in [-0.3, -0.25) is 4.79 Å². The van der Waals surface area contributed by atoms with Gasteiger partial charge < -0.3 is 15.2 Å². The second kappa shape index (κ2) is 7.67. The van der Waals surface area contributed by atoms with E-state index in [1.807, 2.05) is 0 Å². The number of hydrogen-bond acceptors (Lipinski definition) is 3. The Kier molecular flexibility index (Phi) is 5.60. The zero-order valence-corrected chi connectivity index (χ0v) is 12.0. The largest absolute Gasteiger partial charge is 0.493 e. The fourth-order valence-corrected chi connectivity index (χ4v) is 2.53. The Hall–Kier alpha value is -2.04. The second-order valence-corrected chi connectivity index (χ2v) is 5.33. The first-order valence-electron chi connectivity index (χ1n) is 7.40. The normalized spacial score (nSPS) is 15.4. The zero-order valence-electron chi connectivity index (χ0n) is 12.0. The van der Waals surface area contributed by atoms with Crippen molar-refractivity contribution in [2.24, 2.45) is 0 Å². The molecule has 0 heterocycles. The minimum atomic E-state index is -0.990. The highest BCUT2D eigenvalue weighted by Gasteiger charge is 2.15. The van der Waals surface area contributed by atoms with Crippen LogP contribution in [0.15, 0.2) is 24.3 Å². The first kappa shape index (κ1) is 15.4. The number of hydrogen-bond donors (Lipinski definition) is 2. The Morgan fingerprint density at radius 3 is 2.71 bits per heavy atom. The van der Waals surface area contributed by atoms with Crippen LogP contribution in [0.25, 0.3) is 0 Å². The van der Waals surface area contributed by atoms with Crippen LogP contribution < -0.4 is 10.1 Å². The van der Waals surface area contributed by atoms with E-state index in [9.17, 15) is 9.59 Å². The molecule has 0 saturated heterocycles. The summed E-state index contributed by atoms with van der Waals surface area (Å²) in [5, 5.41) is 11.9. The summed E-state index contributed by atoms with van der Waals surface area (Å²) in [6, 6.07) is 6.58. The van der Waals surface area contributed by atoms with Crippen LogP contribution >= 0.6 is 0 Å². The quantitative estimate of drug-likeness (QED) is 0.844. The summed E-state index contributed by atoms with van der Waals surface area (Å²) >= 11 is 0.